The zero-order valence-electron chi connectivity index (χ0n) is 26.6. The Balaban J connectivity index is 1.19. The van der Waals surface area contributed by atoms with Gasteiger partial charge < -0.3 is 20.8 Å². The summed E-state index contributed by atoms with van der Waals surface area (Å²) in [6.45, 7) is 4.47. The number of aliphatic carboxylic acids is 2. The van der Waals surface area contributed by atoms with E-state index in [-0.39, 0.29) is 63.2 Å². The maximum atomic E-state index is 12.9. The third-order valence-electron chi connectivity index (χ3n) is 8.59. The molecule has 2 saturated heterocycles. The highest BCUT2D eigenvalue weighted by molar-refractivity contribution is 5.80. The molecule has 0 atom stereocenters. The number of hydrogen-bond acceptors (Lipinski definition) is 8. The number of carboxylic acids is 2. The van der Waals surface area contributed by atoms with Gasteiger partial charge in [-0.15, -0.1) is 0 Å². The summed E-state index contributed by atoms with van der Waals surface area (Å²) in [5.74, 6) is -2.68. The van der Waals surface area contributed by atoms with Crippen LogP contribution in [0.1, 0.15) is 36.8 Å². The SMILES string of the molecule is O=C(O)CN(CCN(CC(=O)O)CC(=O)NC1CCN(Cc2ccccc2)CC1)CC(=O)NC1CCN(Cc2ccccc2)CC1. The molecule has 0 aliphatic carbocycles. The summed E-state index contributed by atoms with van der Waals surface area (Å²) in [6.07, 6.45) is 3.24. The Morgan fingerprint density at radius 1 is 0.587 bits per heavy atom. The van der Waals surface area contributed by atoms with Crippen molar-refractivity contribution >= 4 is 23.8 Å². The molecule has 2 aromatic rings. The molecule has 4 N–H and O–H groups in total. The molecular formula is C34H48N6O6. The number of carboxylic acid groups (broad SMARTS) is 2. The molecule has 2 aliphatic heterocycles. The van der Waals surface area contributed by atoms with E-state index < -0.39 is 11.9 Å². The predicted molar refractivity (Wildman–Crippen MR) is 174 cm³/mol. The second-order valence-corrected chi connectivity index (χ2v) is 12.4. The van der Waals surface area contributed by atoms with Crippen LogP contribution in [0.3, 0.4) is 0 Å². The van der Waals surface area contributed by atoms with Crippen LogP contribution in [-0.4, -0.2) is 131 Å². The lowest BCUT2D eigenvalue weighted by molar-refractivity contribution is -0.141. The predicted octanol–water partition coefficient (Wildman–Crippen LogP) is 1.32. The normalized spacial score (nSPS) is 16.8. The molecule has 12 heteroatoms. The van der Waals surface area contributed by atoms with Crippen LogP contribution >= 0.6 is 0 Å². The van der Waals surface area contributed by atoms with Gasteiger partial charge in [-0.25, -0.2) is 0 Å². The van der Waals surface area contributed by atoms with Gasteiger partial charge in [-0.2, -0.15) is 0 Å². The number of rotatable bonds is 17. The average molecular weight is 637 g/mol. The first-order valence-corrected chi connectivity index (χ1v) is 16.2. The van der Waals surface area contributed by atoms with Crippen LogP contribution in [0.4, 0.5) is 0 Å². The fourth-order valence-corrected chi connectivity index (χ4v) is 6.20. The molecule has 2 heterocycles. The van der Waals surface area contributed by atoms with Gasteiger partial charge in [-0.05, 0) is 36.8 Å². The van der Waals surface area contributed by atoms with Gasteiger partial charge in [0.05, 0.1) is 26.2 Å². The maximum absolute atomic E-state index is 12.9. The summed E-state index contributed by atoms with van der Waals surface area (Å²) in [7, 11) is 0. The molecule has 2 aliphatic rings. The molecule has 0 unspecified atom stereocenters. The van der Waals surface area contributed by atoms with Crippen molar-refractivity contribution in [2.75, 3.05) is 65.4 Å². The Morgan fingerprint density at radius 2 is 0.935 bits per heavy atom. The summed E-state index contributed by atoms with van der Waals surface area (Å²) in [6, 6.07) is 20.6. The Bertz CT molecular complexity index is 1150. The van der Waals surface area contributed by atoms with Gasteiger partial charge in [-0.3, -0.25) is 38.8 Å². The smallest absolute Gasteiger partial charge is 0.317 e. The van der Waals surface area contributed by atoms with Crippen LogP contribution in [0.15, 0.2) is 60.7 Å². The Labute approximate surface area is 271 Å². The van der Waals surface area contributed by atoms with Crippen molar-refractivity contribution < 1.29 is 29.4 Å². The maximum Gasteiger partial charge on any atom is 0.317 e. The van der Waals surface area contributed by atoms with Crippen LogP contribution < -0.4 is 10.6 Å². The van der Waals surface area contributed by atoms with Crippen LogP contribution in [0, 0.1) is 0 Å². The van der Waals surface area contributed by atoms with Crippen LogP contribution in [0.25, 0.3) is 0 Å². The van der Waals surface area contributed by atoms with Crippen molar-refractivity contribution in [3.63, 3.8) is 0 Å². The van der Waals surface area contributed by atoms with Gasteiger partial charge in [0.25, 0.3) is 0 Å². The molecule has 250 valence electrons. The summed E-state index contributed by atoms with van der Waals surface area (Å²) in [4.78, 5) is 56.6. The van der Waals surface area contributed by atoms with E-state index in [1.54, 1.807) is 0 Å². The molecule has 12 nitrogen and oxygen atoms in total. The molecule has 46 heavy (non-hydrogen) atoms. The van der Waals surface area contributed by atoms with Gasteiger partial charge in [0.2, 0.25) is 11.8 Å². The standard InChI is InChI=1S/C34H48N6O6/c41-31(35-29-11-15-37(16-12-29)21-27-7-3-1-4-8-27)23-39(25-33(43)44)19-20-40(26-34(45)46)24-32(42)36-30-13-17-38(18-14-30)22-28-9-5-2-6-10-28/h1-10,29-30H,11-26H2,(H,35,41)(H,36,42)(H,43,44)(H,45,46). The second kappa shape index (κ2) is 18.3. The number of carbonyl (C=O) groups is 4. The van der Waals surface area contributed by atoms with Crippen molar-refractivity contribution in [2.24, 2.45) is 0 Å². The minimum atomic E-state index is -1.08. The number of likely N-dealkylation sites (tertiary alicyclic amines) is 2. The molecule has 0 saturated carbocycles. The summed E-state index contributed by atoms with van der Waals surface area (Å²) < 4.78 is 0. The lowest BCUT2D eigenvalue weighted by Crippen LogP contribution is -2.50. The van der Waals surface area contributed by atoms with E-state index in [2.05, 4.69) is 44.7 Å². The Hall–Kier alpha value is -3.84. The monoisotopic (exact) mass is 636 g/mol. The van der Waals surface area contributed by atoms with Crippen LogP contribution in [0.5, 0.6) is 0 Å². The van der Waals surface area contributed by atoms with E-state index in [0.717, 1.165) is 65.0 Å². The molecular weight excluding hydrogens is 588 g/mol. The van der Waals surface area contributed by atoms with Crippen molar-refractivity contribution in [2.45, 2.75) is 50.9 Å². The van der Waals surface area contributed by atoms with E-state index in [1.165, 1.54) is 20.9 Å². The van der Waals surface area contributed by atoms with Crippen molar-refractivity contribution in [1.82, 2.24) is 30.2 Å². The highest BCUT2D eigenvalue weighted by Gasteiger charge is 2.25. The van der Waals surface area contributed by atoms with Gasteiger partial charge >= 0.3 is 11.9 Å². The second-order valence-electron chi connectivity index (χ2n) is 12.4. The van der Waals surface area contributed by atoms with E-state index in [4.69, 9.17) is 0 Å². The van der Waals surface area contributed by atoms with Gasteiger partial charge in [-0.1, -0.05) is 60.7 Å². The molecule has 2 amide bonds. The molecule has 0 aromatic heterocycles. The minimum absolute atomic E-state index is 0.0172. The highest BCUT2D eigenvalue weighted by Crippen LogP contribution is 2.15. The molecule has 0 radical (unpaired) electrons. The Morgan fingerprint density at radius 3 is 1.26 bits per heavy atom. The van der Waals surface area contributed by atoms with Gasteiger partial charge in [0, 0.05) is 64.4 Å². The zero-order valence-corrected chi connectivity index (χ0v) is 26.6. The molecule has 0 bridgehead atoms. The van der Waals surface area contributed by atoms with Crippen molar-refractivity contribution in [3.05, 3.63) is 71.8 Å². The lowest BCUT2D eigenvalue weighted by Gasteiger charge is -2.33. The molecule has 2 fully saturated rings. The lowest BCUT2D eigenvalue weighted by atomic mass is 10.0. The largest absolute Gasteiger partial charge is 0.480 e. The first kappa shape index (κ1) is 35.0. The minimum Gasteiger partial charge on any atom is -0.480 e. The third-order valence-corrected chi connectivity index (χ3v) is 8.59. The van der Waals surface area contributed by atoms with E-state index in [1.807, 2.05) is 36.4 Å². The number of nitrogens with zero attached hydrogens (tertiary/aromatic N) is 4. The molecule has 0 spiro atoms. The number of piperidine rings is 2. The number of amides is 2. The van der Waals surface area contributed by atoms with Crippen molar-refractivity contribution in [3.8, 4) is 0 Å². The van der Waals surface area contributed by atoms with Gasteiger partial charge in [0.15, 0.2) is 0 Å². The highest BCUT2D eigenvalue weighted by atomic mass is 16.4. The third kappa shape index (κ3) is 12.9. The number of hydrogen-bond donors (Lipinski definition) is 4. The first-order chi connectivity index (χ1) is 22.2. The number of carbonyl (C=O) groups excluding carboxylic acids is 2. The van der Waals surface area contributed by atoms with Crippen LogP contribution in [0.2, 0.25) is 0 Å². The fraction of sp³-hybridized carbons (Fsp3) is 0.529. The van der Waals surface area contributed by atoms with Crippen LogP contribution in [-0.2, 0) is 32.3 Å². The van der Waals surface area contributed by atoms with Gasteiger partial charge in [0.1, 0.15) is 0 Å². The quantitative estimate of drug-likeness (QED) is 0.201. The van der Waals surface area contributed by atoms with E-state index in [0.29, 0.717) is 0 Å². The fourth-order valence-electron chi connectivity index (χ4n) is 6.20. The average Bonchev–Trinajstić information content (AvgIpc) is 3.02. The molecule has 2 aromatic carbocycles. The molecule has 4 rings (SSSR count). The summed E-state index contributed by atoms with van der Waals surface area (Å²) >= 11 is 0. The topological polar surface area (TPSA) is 146 Å². The zero-order chi connectivity index (χ0) is 32.7. The first-order valence-electron chi connectivity index (χ1n) is 16.2. The summed E-state index contributed by atoms with van der Waals surface area (Å²) in [5, 5.41) is 25.0. The van der Waals surface area contributed by atoms with Crippen molar-refractivity contribution in [1.29, 1.82) is 0 Å². The van der Waals surface area contributed by atoms with E-state index in [9.17, 15) is 29.4 Å². The Kier molecular flexibility index (Phi) is 14.0. The number of nitrogens with one attached hydrogen (secondary N) is 2. The number of benzene rings is 2. The van der Waals surface area contributed by atoms with E-state index >= 15 is 0 Å². The summed E-state index contributed by atoms with van der Waals surface area (Å²) in [5.41, 5.74) is 2.51.